The zero-order chi connectivity index (χ0) is 15.7. The van der Waals surface area contributed by atoms with Crippen molar-refractivity contribution in [1.29, 1.82) is 0 Å². The van der Waals surface area contributed by atoms with E-state index >= 15 is 0 Å². The van der Waals surface area contributed by atoms with E-state index < -0.39 is 0 Å². The van der Waals surface area contributed by atoms with Crippen molar-refractivity contribution in [2.75, 3.05) is 5.32 Å². The fourth-order valence-electron chi connectivity index (χ4n) is 4.52. The molecule has 1 amide bonds. The second-order valence-electron chi connectivity index (χ2n) is 6.95. The normalized spacial score (nSPS) is 26.4. The lowest BCUT2D eigenvalue weighted by atomic mass is 9.86. The summed E-state index contributed by atoms with van der Waals surface area (Å²) in [5, 5.41) is 3.94. The first-order chi connectivity index (χ1) is 10.6. The lowest BCUT2D eigenvalue weighted by molar-refractivity contribution is -0.117. The number of anilines is 1. The third-order valence-corrected chi connectivity index (χ3v) is 6.03. The van der Waals surface area contributed by atoms with Crippen LogP contribution in [0.25, 0.3) is 0 Å². The molecule has 0 aliphatic heterocycles. The van der Waals surface area contributed by atoms with E-state index in [4.69, 9.17) is 11.6 Å². The summed E-state index contributed by atoms with van der Waals surface area (Å²) in [6, 6.07) is 3.99. The van der Waals surface area contributed by atoms with E-state index in [1.54, 1.807) is 0 Å². The highest BCUT2D eigenvalue weighted by Crippen LogP contribution is 2.49. The fraction of sp³-hybridized carbons (Fsp3) is 0.632. The minimum atomic E-state index is 0.171. The lowest BCUT2D eigenvalue weighted by Crippen LogP contribution is -2.21. The van der Waals surface area contributed by atoms with E-state index in [1.165, 1.54) is 31.2 Å². The molecule has 2 fully saturated rings. The van der Waals surface area contributed by atoms with Gasteiger partial charge in [0, 0.05) is 17.1 Å². The Morgan fingerprint density at radius 1 is 1.23 bits per heavy atom. The molecule has 2 aliphatic carbocycles. The van der Waals surface area contributed by atoms with Crippen molar-refractivity contribution in [2.45, 2.75) is 58.8 Å². The Morgan fingerprint density at radius 3 is 2.64 bits per heavy atom. The van der Waals surface area contributed by atoms with Crippen LogP contribution in [0, 0.1) is 17.8 Å². The van der Waals surface area contributed by atoms with E-state index in [0.29, 0.717) is 12.3 Å². The van der Waals surface area contributed by atoms with Crippen LogP contribution < -0.4 is 5.32 Å². The van der Waals surface area contributed by atoms with Gasteiger partial charge in [-0.2, -0.15) is 0 Å². The predicted molar refractivity (Wildman–Crippen MR) is 92.4 cm³/mol. The zero-order valence-electron chi connectivity index (χ0n) is 13.6. The van der Waals surface area contributed by atoms with Gasteiger partial charge in [0.05, 0.1) is 0 Å². The van der Waals surface area contributed by atoms with Gasteiger partial charge in [-0.25, -0.2) is 0 Å². The van der Waals surface area contributed by atoms with Gasteiger partial charge in [0.25, 0.3) is 0 Å². The molecular weight excluding hydrogens is 294 g/mol. The van der Waals surface area contributed by atoms with Crippen LogP contribution in [0.4, 0.5) is 5.69 Å². The summed E-state index contributed by atoms with van der Waals surface area (Å²) in [5.74, 6) is 2.47. The highest BCUT2D eigenvalue weighted by atomic mass is 35.5. The minimum Gasteiger partial charge on any atom is -0.326 e. The van der Waals surface area contributed by atoms with E-state index in [9.17, 15) is 4.79 Å². The van der Waals surface area contributed by atoms with E-state index in [0.717, 1.165) is 41.0 Å². The molecule has 120 valence electrons. The molecule has 0 saturated heterocycles. The largest absolute Gasteiger partial charge is 0.326 e. The summed E-state index contributed by atoms with van der Waals surface area (Å²) >= 11 is 6.31. The Labute approximate surface area is 138 Å². The van der Waals surface area contributed by atoms with Crippen molar-refractivity contribution in [3.8, 4) is 0 Å². The first kappa shape index (κ1) is 15.9. The van der Waals surface area contributed by atoms with Gasteiger partial charge in [-0.3, -0.25) is 4.79 Å². The highest BCUT2D eigenvalue weighted by molar-refractivity contribution is 6.32. The van der Waals surface area contributed by atoms with Crippen molar-refractivity contribution >= 4 is 23.2 Å². The zero-order valence-corrected chi connectivity index (χ0v) is 14.4. The van der Waals surface area contributed by atoms with Crippen LogP contribution in [0.15, 0.2) is 12.1 Å². The summed E-state index contributed by atoms with van der Waals surface area (Å²) in [5.41, 5.74) is 3.22. The molecule has 0 aromatic heterocycles. The van der Waals surface area contributed by atoms with Crippen LogP contribution in [0.2, 0.25) is 5.02 Å². The summed E-state index contributed by atoms with van der Waals surface area (Å²) in [6.45, 7) is 4.21. The second kappa shape index (κ2) is 6.62. The average molecular weight is 320 g/mol. The predicted octanol–water partition coefficient (Wildman–Crippen LogP) is 5.23. The third-order valence-electron chi connectivity index (χ3n) is 5.67. The van der Waals surface area contributed by atoms with Crippen LogP contribution >= 0.6 is 11.6 Å². The van der Waals surface area contributed by atoms with Gasteiger partial charge in [-0.1, -0.05) is 37.9 Å². The number of carbonyl (C=O) groups is 1. The Bertz CT molecular complexity index is 569. The molecule has 1 aromatic carbocycles. The SMILES string of the molecule is CCc1ccc(Cl)c(CC)c1NC(=O)C[C@H]1C[C@@H]2CC[C@@H]1C2. The van der Waals surface area contributed by atoms with Crippen molar-refractivity contribution in [1.82, 2.24) is 0 Å². The van der Waals surface area contributed by atoms with Gasteiger partial charge >= 0.3 is 0 Å². The van der Waals surface area contributed by atoms with Crippen molar-refractivity contribution < 1.29 is 4.79 Å². The average Bonchev–Trinajstić information content (AvgIpc) is 3.10. The van der Waals surface area contributed by atoms with Gasteiger partial charge in [0.2, 0.25) is 5.91 Å². The number of hydrogen-bond donors (Lipinski definition) is 1. The molecule has 2 saturated carbocycles. The van der Waals surface area contributed by atoms with Gasteiger partial charge < -0.3 is 5.32 Å². The number of halogens is 1. The fourth-order valence-corrected chi connectivity index (χ4v) is 4.81. The van der Waals surface area contributed by atoms with Crippen molar-refractivity contribution in [3.63, 3.8) is 0 Å². The standard InChI is InChI=1S/C19H26ClNO/c1-3-13-7-8-17(20)16(4-2)19(13)21-18(22)11-15-10-12-5-6-14(15)9-12/h7-8,12,14-15H,3-6,9-11H2,1-2H3,(H,21,22)/t12-,14-,15-/m1/s1. The topological polar surface area (TPSA) is 29.1 Å². The Hall–Kier alpha value is -1.02. The van der Waals surface area contributed by atoms with Crippen LogP contribution in [0.1, 0.15) is 57.1 Å². The van der Waals surface area contributed by atoms with Crippen LogP contribution in [-0.2, 0) is 17.6 Å². The second-order valence-corrected chi connectivity index (χ2v) is 7.36. The van der Waals surface area contributed by atoms with Crippen molar-refractivity contribution in [3.05, 3.63) is 28.3 Å². The maximum Gasteiger partial charge on any atom is 0.224 e. The maximum absolute atomic E-state index is 12.5. The Morgan fingerprint density at radius 2 is 2.05 bits per heavy atom. The van der Waals surface area contributed by atoms with Crippen molar-refractivity contribution in [2.24, 2.45) is 17.8 Å². The van der Waals surface area contributed by atoms with Crippen LogP contribution in [-0.4, -0.2) is 5.91 Å². The molecule has 2 aliphatic rings. The first-order valence-corrected chi connectivity index (χ1v) is 9.10. The molecular formula is C19H26ClNO. The maximum atomic E-state index is 12.5. The summed E-state index contributed by atoms with van der Waals surface area (Å²) < 4.78 is 0. The number of nitrogens with one attached hydrogen (secondary N) is 1. The van der Waals surface area contributed by atoms with Gasteiger partial charge in [-0.15, -0.1) is 0 Å². The first-order valence-electron chi connectivity index (χ1n) is 8.72. The molecule has 2 nitrogen and oxygen atoms in total. The number of rotatable bonds is 5. The molecule has 0 heterocycles. The molecule has 0 spiro atoms. The molecule has 3 rings (SSSR count). The van der Waals surface area contributed by atoms with E-state index in [1.807, 2.05) is 12.1 Å². The number of amides is 1. The van der Waals surface area contributed by atoms with E-state index in [-0.39, 0.29) is 5.91 Å². The van der Waals surface area contributed by atoms with Gasteiger partial charge in [0.1, 0.15) is 0 Å². The minimum absolute atomic E-state index is 0.171. The Kier molecular flexibility index (Phi) is 4.77. The molecule has 2 bridgehead atoms. The molecule has 0 radical (unpaired) electrons. The summed E-state index contributed by atoms with van der Waals surface area (Å²) in [4.78, 5) is 12.5. The number of carbonyl (C=O) groups excluding carboxylic acids is 1. The van der Waals surface area contributed by atoms with Gasteiger partial charge in [0.15, 0.2) is 0 Å². The van der Waals surface area contributed by atoms with Crippen LogP contribution in [0.5, 0.6) is 0 Å². The number of fused-ring (bicyclic) bond motifs is 2. The third kappa shape index (κ3) is 3.03. The lowest BCUT2D eigenvalue weighted by Gasteiger charge is -2.22. The van der Waals surface area contributed by atoms with E-state index in [2.05, 4.69) is 19.2 Å². The highest BCUT2D eigenvalue weighted by Gasteiger charge is 2.40. The number of benzene rings is 1. The molecule has 0 unspecified atom stereocenters. The number of hydrogen-bond acceptors (Lipinski definition) is 1. The van der Waals surface area contributed by atoms with Crippen LogP contribution in [0.3, 0.4) is 0 Å². The monoisotopic (exact) mass is 319 g/mol. The summed E-state index contributed by atoms with van der Waals surface area (Å²) in [6.07, 6.45) is 7.77. The molecule has 22 heavy (non-hydrogen) atoms. The Balaban J connectivity index is 1.72. The number of aryl methyl sites for hydroxylation is 1. The molecule has 1 N–H and O–H groups in total. The molecule has 3 atom stereocenters. The smallest absolute Gasteiger partial charge is 0.224 e. The van der Waals surface area contributed by atoms with Gasteiger partial charge in [-0.05, 0) is 67.1 Å². The summed E-state index contributed by atoms with van der Waals surface area (Å²) in [7, 11) is 0. The molecule has 3 heteroatoms. The quantitative estimate of drug-likeness (QED) is 0.791. The molecule has 1 aromatic rings.